The fourth-order valence-corrected chi connectivity index (χ4v) is 3.60. The molecule has 6 nitrogen and oxygen atoms in total. The Bertz CT molecular complexity index is 995. The van der Waals surface area contributed by atoms with E-state index in [2.05, 4.69) is 26.6 Å². The van der Waals surface area contributed by atoms with Crippen LogP contribution < -0.4 is 20.3 Å². The van der Waals surface area contributed by atoms with E-state index >= 15 is 0 Å². The maximum Gasteiger partial charge on any atom is 0.268 e. The van der Waals surface area contributed by atoms with Gasteiger partial charge in [-0.15, -0.1) is 0 Å². The van der Waals surface area contributed by atoms with Gasteiger partial charge in [-0.1, -0.05) is 18.2 Å². The standard InChI is InChI=1S/C21H23FN4O2/c1-28-19-7-6-16(22)20-15(19)12-17(25-20)21(27)24-13-14-4-2-3-5-18(14)26-10-8-23-9-11-26/h2-7,12,23,25H,8-11,13H2,1H3,(H,24,27). The number of H-pyrrole nitrogens is 1. The van der Waals surface area contributed by atoms with Crippen molar-refractivity contribution in [1.29, 1.82) is 0 Å². The molecule has 1 aliphatic heterocycles. The number of carbonyl (C=O) groups excluding carboxylic acids is 1. The molecule has 7 heteroatoms. The van der Waals surface area contributed by atoms with Crippen molar-refractivity contribution in [2.45, 2.75) is 6.54 Å². The van der Waals surface area contributed by atoms with E-state index in [0.29, 0.717) is 23.4 Å². The van der Waals surface area contributed by atoms with Crippen molar-refractivity contribution in [3.05, 3.63) is 59.5 Å². The summed E-state index contributed by atoms with van der Waals surface area (Å²) in [5, 5.41) is 6.83. The van der Waals surface area contributed by atoms with Crippen LogP contribution in [0.1, 0.15) is 16.1 Å². The summed E-state index contributed by atoms with van der Waals surface area (Å²) < 4.78 is 19.3. The highest BCUT2D eigenvalue weighted by atomic mass is 19.1. The maximum absolute atomic E-state index is 14.1. The first kappa shape index (κ1) is 18.3. The number of nitrogens with zero attached hydrogens (tertiary/aromatic N) is 1. The molecular weight excluding hydrogens is 359 g/mol. The number of halogens is 1. The number of piperazine rings is 1. The van der Waals surface area contributed by atoms with Crippen molar-refractivity contribution in [1.82, 2.24) is 15.6 Å². The Balaban J connectivity index is 1.52. The molecule has 28 heavy (non-hydrogen) atoms. The lowest BCUT2D eigenvalue weighted by Gasteiger charge is -2.31. The Morgan fingerprint density at radius 2 is 2.00 bits per heavy atom. The summed E-state index contributed by atoms with van der Waals surface area (Å²) in [6, 6.07) is 12.6. The number of carbonyl (C=O) groups is 1. The van der Waals surface area contributed by atoms with E-state index < -0.39 is 5.82 Å². The van der Waals surface area contributed by atoms with Crippen LogP contribution in [-0.2, 0) is 6.54 Å². The summed E-state index contributed by atoms with van der Waals surface area (Å²) in [5.41, 5.74) is 2.76. The number of benzene rings is 2. The van der Waals surface area contributed by atoms with E-state index in [1.165, 1.54) is 13.2 Å². The van der Waals surface area contributed by atoms with Gasteiger partial charge in [-0.3, -0.25) is 4.79 Å². The highest BCUT2D eigenvalue weighted by Gasteiger charge is 2.17. The number of aromatic amines is 1. The van der Waals surface area contributed by atoms with Crippen LogP contribution in [0.4, 0.5) is 10.1 Å². The number of aromatic nitrogens is 1. The van der Waals surface area contributed by atoms with Crippen molar-refractivity contribution in [2.75, 3.05) is 38.2 Å². The molecular formula is C21H23FN4O2. The van der Waals surface area contributed by atoms with Gasteiger partial charge < -0.3 is 25.3 Å². The van der Waals surface area contributed by atoms with Gasteiger partial charge in [0.05, 0.1) is 12.6 Å². The first-order valence-corrected chi connectivity index (χ1v) is 9.34. The van der Waals surface area contributed by atoms with Crippen LogP contribution in [0, 0.1) is 5.82 Å². The van der Waals surface area contributed by atoms with Gasteiger partial charge in [-0.05, 0) is 29.8 Å². The minimum atomic E-state index is -0.418. The normalized spacial score (nSPS) is 14.3. The smallest absolute Gasteiger partial charge is 0.268 e. The Hall–Kier alpha value is -3.06. The average molecular weight is 382 g/mol. The third-order valence-corrected chi connectivity index (χ3v) is 5.06. The van der Waals surface area contributed by atoms with Gasteiger partial charge in [0.1, 0.15) is 17.3 Å². The van der Waals surface area contributed by atoms with Crippen LogP contribution in [0.3, 0.4) is 0 Å². The molecule has 1 fully saturated rings. The van der Waals surface area contributed by atoms with Gasteiger partial charge in [-0.25, -0.2) is 4.39 Å². The van der Waals surface area contributed by atoms with E-state index in [1.807, 2.05) is 18.2 Å². The van der Waals surface area contributed by atoms with E-state index in [-0.39, 0.29) is 11.4 Å². The molecule has 2 aromatic carbocycles. The predicted octanol–water partition coefficient (Wildman–Crippen LogP) is 2.66. The summed E-state index contributed by atoms with van der Waals surface area (Å²) in [6.07, 6.45) is 0. The molecule has 0 atom stereocenters. The van der Waals surface area contributed by atoms with Gasteiger partial charge >= 0.3 is 0 Å². The maximum atomic E-state index is 14.1. The van der Waals surface area contributed by atoms with Crippen LogP contribution in [0.2, 0.25) is 0 Å². The number of hydrogen-bond donors (Lipinski definition) is 3. The number of anilines is 1. The Morgan fingerprint density at radius 1 is 1.21 bits per heavy atom. The molecule has 1 aromatic heterocycles. The molecule has 1 saturated heterocycles. The highest BCUT2D eigenvalue weighted by molar-refractivity contribution is 5.99. The third kappa shape index (κ3) is 3.53. The van der Waals surface area contributed by atoms with Gasteiger partial charge in [0.25, 0.3) is 5.91 Å². The lowest BCUT2D eigenvalue weighted by Crippen LogP contribution is -2.44. The zero-order chi connectivity index (χ0) is 19.5. The minimum absolute atomic E-state index is 0.269. The molecule has 4 rings (SSSR count). The molecule has 3 aromatic rings. The lowest BCUT2D eigenvalue weighted by atomic mass is 10.1. The number of nitrogens with one attached hydrogen (secondary N) is 3. The van der Waals surface area contributed by atoms with Gasteiger partial charge in [-0.2, -0.15) is 0 Å². The molecule has 0 spiro atoms. The molecule has 0 saturated carbocycles. The predicted molar refractivity (Wildman–Crippen MR) is 108 cm³/mol. The van der Waals surface area contributed by atoms with Crippen molar-refractivity contribution in [3.8, 4) is 5.75 Å². The number of para-hydroxylation sites is 1. The minimum Gasteiger partial charge on any atom is -0.496 e. The van der Waals surface area contributed by atoms with Crippen molar-refractivity contribution in [2.24, 2.45) is 0 Å². The van der Waals surface area contributed by atoms with Crippen molar-refractivity contribution in [3.63, 3.8) is 0 Å². The van der Waals surface area contributed by atoms with E-state index in [9.17, 15) is 9.18 Å². The molecule has 0 bridgehead atoms. The number of methoxy groups -OCH3 is 1. The van der Waals surface area contributed by atoms with Crippen molar-refractivity contribution < 1.29 is 13.9 Å². The molecule has 3 N–H and O–H groups in total. The quantitative estimate of drug-likeness (QED) is 0.635. The molecule has 0 aliphatic carbocycles. The summed E-state index contributed by atoms with van der Waals surface area (Å²) in [6.45, 7) is 4.17. The zero-order valence-corrected chi connectivity index (χ0v) is 15.7. The number of fused-ring (bicyclic) bond motifs is 1. The number of rotatable bonds is 5. The summed E-state index contributed by atoms with van der Waals surface area (Å²) in [7, 11) is 1.52. The second-order valence-electron chi connectivity index (χ2n) is 6.77. The number of ether oxygens (including phenoxy) is 1. The van der Waals surface area contributed by atoms with Crippen LogP contribution in [0.5, 0.6) is 5.75 Å². The summed E-state index contributed by atoms with van der Waals surface area (Å²) >= 11 is 0. The van der Waals surface area contributed by atoms with Gasteiger partial charge in [0, 0.05) is 43.8 Å². The second-order valence-corrected chi connectivity index (χ2v) is 6.77. The van der Waals surface area contributed by atoms with E-state index in [4.69, 9.17) is 4.74 Å². The van der Waals surface area contributed by atoms with Crippen LogP contribution in [0.15, 0.2) is 42.5 Å². The largest absolute Gasteiger partial charge is 0.496 e. The van der Waals surface area contributed by atoms with Gasteiger partial charge in [0.2, 0.25) is 0 Å². The van der Waals surface area contributed by atoms with Crippen LogP contribution >= 0.6 is 0 Å². The molecule has 146 valence electrons. The topological polar surface area (TPSA) is 69.4 Å². The molecule has 2 heterocycles. The number of amides is 1. The Kier molecular flexibility index (Phi) is 5.16. The second kappa shape index (κ2) is 7.90. The first-order chi connectivity index (χ1) is 13.7. The Morgan fingerprint density at radius 3 is 2.79 bits per heavy atom. The fraction of sp³-hybridized carbons (Fsp3) is 0.286. The molecule has 1 aliphatic rings. The number of hydrogen-bond acceptors (Lipinski definition) is 4. The Labute approximate surface area is 162 Å². The zero-order valence-electron chi connectivity index (χ0n) is 15.7. The fourth-order valence-electron chi connectivity index (χ4n) is 3.60. The van der Waals surface area contributed by atoms with Crippen molar-refractivity contribution >= 4 is 22.5 Å². The third-order valence-electron chi connectivity index (χ3n) is 5.06. The molecule has 1 amide bonds. The summed E-state index contributed by atoms with van der Waals surface area (Å²) in [5.74, 6) is -0.178. The SMILES string of the molecule is COc1ccc(F)c2[nH]c(C(=O)NCc3ccccc3N3CCNCC3)cc12. The monoisotopic (exact) mass is 382 g/mol. The highest BCUT2D eigenvalue weighted by Crippen LogP contribution is 2.28. The van der Waals surface area contributed by atoms with Crippen LogP contribution in [0.25, 0.3) is 10.9 Å². The van der Waals surface area contributed by atoms with E-state index in [1.54, 1.807) is 12.1 Å². The van der Waals surface area contributed by atoms with E-state index in [0.717, 1.165) is 37.4 Å². The molecule has 0 radical (unpaired) electrons. The van der Waals surface area contributed by atoms with Crippen LogP contribution in [-0.4, -0.2) is 44.2 Å². The molecule has 0 unspecified atom stereocenters. The van der Waals surface area contributed by atoms with Gasteiger partial charge in [0.15, 0.2) is 0 Å². The lowest BCUT2D eigenvalue weighted by molar-refractivity contribution is 0.0947. The first-order valence-electron chi connectivity index (χ1n) is 9.34. The average Bonchev–Trinajstić information content (AvgIpc) is 3.20. The summed E-state index contributed by atoms with van der Waals surface area (Å²) in [4.78, 5) is 17.8.